The molecule has 2 N–H and O–H groups in total. The number of unbranched alkanes of at least 4 members (excludes halogenated alkanes) is 1. The molecule has 0 heterocycles. The molecule has 0 aromatic rings. The van der Waals surface area contributed by atoms with Crippen molar-refractivity contribution in [1.29, 1.82) is 0 Å². The van der Waals surface area contributed by atoms with Crippen molar-refractivity contribution in [3.8, 4) is 0 Å². The van der Waals surface area contributed by atoms with Crippen molar-refractivity contribution in [3.05, 3.63) is 0 Å². The van der Waals surface area contributed by atoms with Gasteiger partial charge in [0.1, 0.15) is 9.84 Å². The van der Waals surface area contributed by atoms with Gasteiger partial charge in [0, 0.05) is 39.1 Å². The maximum atomic E-state index is 11.0. The Hall–Kier alpha value is -0.820. The van der Waals surface area contributed by atoms with Crippen molar-refractivity contribution < 1.29 is 13.2 Å². The van der Waals surface area contributed by atoms with Crippen LogP contribution in [-0.2, 0) is 14.6 Å². The molecule has 0 aliphatic rings. The predicted octanol–water partition coefficient (Wildman–Crippen LogP) is 0.793. The average Bonchev–Trinajstić information content (AvgIpc) is 2.37. The summed E-state index contributed by atoms with van der Waals surface area (Å²) in [5.41, 5.74) is 0. The molecule has 0 aliphatic heterocycles. The van der Waals surface area contributed by atoms with Crippen LogP contribution in [0.4, 0.5) is 0 Å². The monoisotopic (exact) mass is 307 g/mol. The van der Waals surface area contributed by atoms with E-state index in [1.54, 1.807) is 0 Å². The second-order valence-corrected chi connectivity index (χ2v) is 6.83. The summed E-state index contributed by atoms with van der Waals surface area (Å²) in [6.07, 6.45) is 3.85. The molecular formula is C13H29N3O3S. The molecule has 0 aromatic carbocycles. The fourth-order valence-electron chi connectivity index (χ4n) is 1.54. The van der Waals surface area contributed by atoms with Gasteiger partial charge in [0.05, 0.1) is 5.75 Å². The molecule has 0 bridgehead atoms. The Kier molecular flexibility index (Phi) is 11.5. The molecule has 0 aromatic heterocycles. The van der Waals surface area contributed by atoms with Crippen molar-refractivity contribution in [3.63, 3.8) is 0 Å². The lowest BCUT2D eigenvalue weighted by Gasteiger charge is -2.11. The Bertz CT molecular complexity index is 356. The molecule has 120 valence electrons. The van der Waals surface area contributed by atoms with Crippen molar-refractivity contribution in [2.45, 2.75) is 33.1 Å². The van der Waals surface area contributed by atoms with Gasteiger partial charge in [-0.3, -0.25) is 4.99 Å². The molecule has 0 spiro atoms. The zero-order valence-electron chi connectivity index (χ0n) is 12.9. The van der Waals surface area contributed by atoms with Gasteiger partial charge in [0.2, 0.25) is 0 Å². The maximum absolute atomic E-state index is 11.0. The summed E-state index contributed by atoms with van der Waals surface area (Å²) in [5, 5.41) is 6.37. The number of nitrogens with zero attached hydrogens (tertiary/aromatic N) is 1. The van der Waals surface area contributed by atoms with E-state index < -0.39 is 9.84 Å². The lowest BCUT2D eigenvalue weighted by molar-refractivity contribution is 0.143. The van der Waals surface area contributed by atoms with E-state index >= 15 is 0 Å². The minimum atomic E-state index is -2.89. The van der Waals surface area contributed by atoms with Gasteiger partial charge in [0.25, 0.3) is 0 Å². The van der Waals surface area contributed by atoms with Gasteiger partial charge >= 0.3 is 0 Å². The third kappa shape index (κ3) is 13.6. The smallest absolute Gasteiger partial charge is 0.191 e. The van der Waals surface area contributed by atoms with E-state index in [-0.39, 0.29) is 5.75 Å². The topological polar surface area (TPSA) is 79.8 Å². The minimum absolute atomic E-state index is 0.185. The molecule has 0 aliphatic carbocycles. The van der Waals surface area contributed by atoms with Crippen molar-refractivity contribution >= 4 is 15.8 Å². The normalized spacial score (nSPS) is 12.4. The highest BCUT2D eigenvalue weighted by atomic mass is 32.2. The summed E-state index contributed by atoms with van der Waals surface area (Å²) in [7, 11) is -2.89. The molecule has 0 rings (SSSR count). The van der Waals surface area contributed by atoms with Crippen LogP contribution in [-0.4, -0.2) is 59.2 Å². The summed E-state index contributed by atoms with van der Waals surface area (Å²) >= 11 is 0. The van der Waals surface area contributed by atoms with Crippen LogP contribution in [0.15, 0.2) is 4.99 Å². The first-order valence-corrected chi connectivity index (χ1v) is 9.33. The Balaban J connectivity index is 3.84. The van der Waals surface area contributed by atoms with Gasteiger partial charge < -0.3 is 15.4 Å². The van der Waals surface area contributed by atoms with Crippen LogP contribution < -0.4 is 10.6 Å². The molecule has 0 saturated heterocycles. The largest absolute Gasteiger partial charge is 0.382 e. The zero-order chi connectivity index (χ0) is 15.3. The number of nitrogens with one attached hydrogen (secondary N) is 2. The van der Waals surface area contributed by atoms with Gasteiger partial charge in [-0.1, -0.05) is 0 Å². The lowest BCUT2D eigenvalue weighted by Crippen LogP contribution is -2.38. The summed E-state index contributed by atoms with van der Waals surface area (Å²) in [6, 6.07) is 0. The molecular weight excluding hydrogens is 278 g/mol. The van der Waals surface area contributed by atoms with E-state index in [0.717, 1.165) is 45.1 Å². The SMILES string of the molecule is CCNC(=NCCCS(C)(=O)=O)NCCCCOCC. The Morgan fingerprint density at radius 1 is 1.15 bits per heavy atom. The Morgan fingerprint density at radius 3 is 2.50 bits per heavy atom. The van der Waals surface area contributed by atoms with Crippen molar-refractivity contribution in [2.75, 3.05) is 44.9 Å². The fourth-order valence-corrected chi connectivity index (χ4v) is 2.19. The molecule has 7 heteroatoms. The third-order valence-corrected chi connectivity index (χ3v) is 3.53. The van der Waals surface area contributed by atoms with Crippen LogP contribution in [0, 0.1) is 0 Å². The molecule has 0 atom stereocenters. The van der Waals surface area contributed by atoms with Crippen LogP contribution >= 0.6 is 0 Å². The Morgan fingerprint density at radius 2 is 1.90 bits per heavy atom. The van der Waals surface area contributed by atoms with E-state index in [2.05, 4.69) is 15.6 Å². The van der Waals surface area contributed by atoms with Crippen LogP contribution in [0.5, 0.6) is 0 Å². The van der Waals surface area contributed by atoms with E-state index in [1.165, 1.54) is 6.26 Å². The first kappa shape index (κ1) is 19.2. The van der Waals surface area contributed by atoms with Gasteiger partial charge in [0.15, 0.2) is 5.96 Å². The average molecular weight is 307 g/mol. The van der Waals surface area contributed by atoms with E-state index in [9.17, 15) is 8.42 Å². The first-order chi connectivity index (χ1) is 9.49. The summed E-state index contributed by atoms with van der Waals surface area (Å²) < 4.78 is 27.3. The molecule has 20 heavy (non-hydrogen) atoms. The highest BCUT2D eigenvalue weighted by Gasteiger charge is 2.01. The summed E-state index contributed by atoms with van der Waals surface area (Å²) in [6.45, 7) is 7.69. The number of guanidine groups is 1. The highest BCUT2D eigenvalue weighted by molar-refractivity contribution is 7.90. The van der Waals surface area contributed by atoms with Gasteiger partial charge in [-0.15, -0.1) is 0 Å². The standard InChI is InChI=1S/C13H29N3O3S/c1-4-14-13(15-9-6-7-11-19-5-2)16-10-8-12-20(3,17)18/h4-12H2,1-3H3,(H2,14,15,16). The number of aliphatic imine (C=N–C) groups is 1. The Labute approximate surface area is 123 Å². The molecule has 0 saturated carbocycles. The zero-order valence-corrected chi connectivity index (χ0v) is 13.8. The van der Waals surface area contributed by atoms with E-state index in [1.807, 2.05) is 13.8 Å². The van der Waals surface area contributed by atoms with Crippen LogP contribution in [0.25, 0.3) is 0 Å². The summed E-state index contributed by atoms with van der Waals surface area (Å²) in [5.74, 6) is 0.932. The quantitative estimate of drug-likeness (QED) is 0.335. The predicted molar refractivity (Wildman–Crippen MR) is 84.0 cm³/mol. The number of ether oxygens (including phenoxy) is 1. The summed E-state index contributed by atoms with van der Waals surface area (Å²) in [4.78, 5) is 4.35. The number of rotatable bonds is 11. The fraction of sp³-hybridized carbons (Fsp3) is 0.923. The number of hydrogen-bond acceptors (Lipinski definition) is 4. The van der Waals surface area contributed by atoms with Crippen LogP contribution in [0.3, 0.4) is 0 Å². The van der Waals surface area contributed by atoms with Crippen molar-refractivity contribution in [2.24, 2.45) is 4.99 Å². The van der Waals surface area contributed by atoms with E-state index in [0.29, 0.717) is 13.0 Å². The first-order valence-electron chi connectivity index (χ1n) is 7.27. The lowest BCUT2D eigenvalue weighted by atomic mass is 10.3. The van der Waals surface area contributed by atoms with Gasteiger partial charge in [-0.2, -0.15) is 0 Å². The van der Waals surface area contributed by atoms with Crippen LogP contribution in [0.2, 0.25) is 0 Å². The molecule has 0 amide bonds. The molecule has 6 nitrogen and oxygen atoms in total. The van der Waals surface area contributed by atoms with E-state index in [4.69, 9.17) is 4.74 Å². The molecule has 0 radical (unpaired) electrons. The second kappa shape index (κ2) is 12.0. The maximum Gasteiger partial charge on any atom is 0.191 e. The number of sulfone groups is 1. The van der Waals surface area contributed by atoms with Gasteiger partial charge in [-0.25, -0.2) is 8.42 Å². The molecule has 0 unspecified atom stereocenters. The van der Waals surface area contributed by atoms with Crippen LogP contribution in [0.1, 0.15) is 33.1 Å². The number of hydrogen-bond donors (Lipinski definition) is 2. The minimum Gasteiger partial charge on any atom is -0.382 e. The third-order valence-electron chi connectivity index (χ3n) is 2.50. The second-order valence-electron chi connectivity index (χ2n) is 4.57. The van der Waals surface area contributed by atoms with Crippen molar-refractivity contribution in [1.82, 2.24) is 10.6 Å². The molecule has 0 fully saturated rings. The van der Waals surface area contributed by atoms with Gasteiger partial charge in [-0.05, 0) is 33.1 Å². The highest BCUT2D eigenvalue weighted by Crippen LogP contribution is 1.91.